The third-order valence-corrected chi connectivity index (χ3v) is 26.3. The summed E-state index contributed by atoms with van der Waals surface area (Å²) in [4.78, 5) is 79.0. The molecule has 0 bridgehead atoms. The van der Waals surface area contributed by atoms with Crippen molar-refractivity contribution in [1.82, 2.24) is 80.5 Å². The zero-order valence-corrected chi connectivity index (χ0v) is 74.4. The van der Waals surface area contributed by atoms with Gasteiger partial charge in [0.05, 0.1) is 54.7 Å². The number of anilines is 5. The summed E-state index contributed by atoms with van der Waals surface area (Å²) in [7, 11) is 0. The molecule has 125 heavy (non-hydrogen) atoms. The number of rotatable bonds is 10. The van der Waals surface area contributed by atoms with Gasteiger partial charge in [0.25, 0.3) is 0 Å². The summed E-state index contributed by atoms with van der Waals surface area (Å²) in [5.41, 5.74) is 22.8. The van der Waals surface area contributed by atoms with Crippen LogP contribution in [0.2, 0.25) is 29.4 Å². The monoisotopic (exact) mass is 1860 g/mol. The summed E-state index contributed by atoms with van der Waals surface area (Å²) >= 11 is 42.4. The van der Waals surface area contributed by atoms with Crippen LogP contribution in [0, 0.1) is 25.2 Å². The van der Waals surface area contributed by atoms with Crippen molar-refractivity contribution in [2.45, 2.75) is 78.7 Å². The van der Waals surface area contributed by atoms with Crippen LogP contribution in [0.5, 0.6) is 0 Å². The number of nitriles is 1. The fourth-order valence-electron chi connectivity index (χ4n) is 14.9. The van der Waals surface area contributed by atoms with Crippen molar-refractivity contribution in [1.29, 1.82) is 5.26 Å². The van der Waals surface area contributed by atoms with Crippen molar-refractivity contribution in [2.24, 2.45) is 0 Å². The molecule has 20 rings (SSSR count). The van der Waals surface area contributed by atoms with E-state index in [1.54, 1.807) is 135 Å². The van der Waals surface area contributed by atoms with Crippen molar-refractivity contribution in [2.75, 3.05) is 59.3 Å². The van der Waals surface area contributed by atoms with Gasteiger partial charge in [-0.15, -0.1) is 45.3 Å². The van der Waals surface area contributed by atoms with Crippen LogP contribution in [-0.2, 0) is 64.8 Å². The quantitative estimate of drug-likeness (QED) is 0.0609. The number of urea groups is 5. The lowest BCUT2D eigenvalue weighted by molar-refractivity contribution is 0.205. The van der Waals surface area contributed by atoms with Gasteiger partial charge in [-0.2, -0.15) is 30.8 Å². The van der Waals surface area contributed by atoms with Crippen molar-refractivity contribution < 1.29 is 28.4 Å². The third-order valence-electron chi connectivity index (χ3n) is 21.2. The predicted octanol–water partition coefficient (Wildman–Crippen LogP) is 22.0. The average molecular weight is 1870 g/mol. The van der Waals surface area contributed by atoms with Crippen LogP contribution in [0.25, 0.3) is 55.7 Å². The van der Waals surface area contributed by atoms with Gasteiger partial charge < -0.3 is 55.5 Å². The molecule has 0 spiro atoms. The number of thiophene rings is 4. The van der Waals surface area contributed by atoms with Gasteiger partial charge in [0.2, 0.25) is 0 Å². The maximum atomic E-state index is 12.6. The van der Waals surface area contributed by atoms with Gasteiger partial charge in [-0.1, -0.05) is 99.9 Å². The lowest BCUT2D eigenvalue weighted by Crippen LogP contribution is -2.38. The van der Waals surface area contributed by atoms with Crippen LogP contribution in [0.15, 0.2) is 184 Å². The molecule has 15 heterocycles. The normalized spacial score (nSPS) is 13.5. The third kappa shape index (κ3) is 20.4. The molecule has 0 fully saturated rings. The number of carbonyl (C=O) groups is 5. The number of aromatic nitrogens is 11. The SMILES string of the molecule is Cc1ccsc1-c1n[nH]c2c1CN(C(=O)Nc1cccc(Cl)c1)CC2.Cc1sccc1-c1n[nH]c2c1CN(C(=O)Nc1cccc(Cl)c1)CC2.N#Cc1sccc1-c1n[nH]c2c1CN(C(=O)Nc1cccc(Cl)c1)CC2.O=C(Nc1cccc(Cl)c1)N1CCc2[nH]nc(-c3ccsc3Cl)c2C1.O=C(Nc1cccc(Cl)c1)N1CCc2[nH]nc(-c3cocn3)c2C1. The molecule has 10 aromatic heterocycles. The second-order valence-corrected chi connectivity index (χ2v) is 35.9. The number of H-pyrrole nitrogens is 5. The van der Waals surface area contributed by atoms with E-state index in [4.69, 9.17) is 74.0 Å². The smallest absolute Gasteiger partial charge is 0.322 e. The Labute approximate surface area is 762 Å². The molecule has 10 N–H and O–H groups in total. The van der Waals surface area contributed by atoms with E-state index in [1.807, 2.05) is 63.0 Å². The Morgan fingerprint density at radius 1 is 0.392 bits per heavy atom. The van der Waals surface area contributed by atoms with E-state index in [0.717, 1.165) is 126 Å². The van der Waals surface area contributed by atoms with Crippen LogP contribution < -0.4 is 26.6 Å². The van der Waals surface area contributed by atoms with Crippen molar-refractivity contribution in [3.63, 3.8) is 0 Å². The number of aromatic amines is 5. The number of carbonyl (C=O) groups excluding carboxylic acids is 5. The van der Waals surface area contributed by atoms with E-state index in [1.165, 1.54) is 39.5 Å². The standard InChI is InChI=1S/C18H14ClN5OS.2C18H17ClN4OS.C17H14Cl2N4OS.C16H14ClN5O2/c19-11-2-1-3-12(8-11)21-18(25)24-6-4-15-14(10-24)17(23-22-15)13-5-7-26-16(13)9-20;1-11-14(6-8-25-11)17-15-10-23(7-5-16(15)21-22-17)18(24)20-13-4-2-3-12(19)9-13;1-11-6-8-25-17(11)16-14-10-23(7-5-15(14)21-22-16)18(24)20-13-4-2-3-12(19)9-13;18-10-2-1-3-11(8-10)20-17(24)23-6-4-14-13(9-23)15(22-21-14)12-5-7-25-16(12)19;17-10-2-1-3-11(6-10)19-16(23)22-5-4-13-12(7-22)15(21-20-13)14-8-24-9-18-14/h1-3,5,7-8H,4,6,10H2,(H,21,25)(H,22,23);2*2-4,6,8-9H,5,7,10H2,1H3,(H,20,24)(H,21,22);1-3,5,7-8H,4,6,9H2,(H,20,24)(H,21,22);1-3,6,8-9H,4-5,7H2,(H,19,23)(H,20,21). The Morgan fingerprint density at radius 2 is 0.712 bits per heavy atom. The van der Waals surface area contributed by atoms with Gasteiger partial charge in [-0.25, -0.2) is 29.0 Å². The van der Waals surface area contributed by atoms with Crippen molar-refractivity contribution >= 4 is 174 Å². The fraction of sp³-hybridized carbons (Fsp3) is 0.195. The van der Waals surface area contributed by atoms with E-state index < -0.39 is 0 Å². The Balaban J connectivity index is 0.000000115. The number of halogens is 6. The Kier molecular flexibility index (Phi) is 27.1. The van der Waals surface area contributed by atoms with Crippen LogP contribution in [0.4, 0.5) is 52.4 Å². The molecule has 5 aliphatic heterocycles. The number of hydrogen-bond acceptors (Lipinski definition) is 17. The zero-order valence-electron chi connectivity index (χ0n) is 66.6. The number of aryl methyl sites for hydroxylation is 2. The largest absolute Gasteiger partial charge is 0.451 e. The molecule has 5 aromatic carbocycles. The van der Waals surface area contributed by atoms with Gasteiger partial charge in [-0.05, 0) is 156 Å². The molecule has 38 heteroatoms. The van der Waals surface area contributed by atoms with Crippen LogP contribution in [-0.4, -0.2) is 143 Å². The van der Waals surface area contributed by atoms with Gasteiger partial charge in [0.1, 0.15) is 38.6 Å². The second-order valence-electron chi connectivity index (χ2n) is 29.3. The summed E-state index contributed by atoms with van der Waals surface area (Å²) in [6, 6.07) is 45.1. The van der Waals surface area contributed by atoms with Crippen molar-refractivity contribution in [3.05, 3.63) is 281 Å². The second kappa shape index (κ2) is 39.3. The fourth-order valence-corrected chi connectivity index (χ4v) is 19.1. The number of nitrogens with zero attached hydrogens (tertiary/aromatic N) is 12. The highest BCUT2D eigenvalue weighted by atomic mass is 35.5. The van der Waals surface area contributed by atoms with Gasteiger partial charge in [-0.3, -0.25) is 25.5 Å². The van der Waals surface area contributed by atoms with Gasteiger partial charge >= 0.3 is 30.2 Å². The number of amides is 10. The highest BCUT2D eigenvalue weighted by Crippen LogP contribution is 2.40. The maximum absolute atomic E-state index is 12.6. The summed E-state index contributed by atoms with van der Waals surface area (Å²) in [6.07, 6.45) is 6.59. The number of hydrogen-bond donors (Lipinski definition) is 10. The van der Waals surface area contributed by atoms with E-state index in [2.05, 4.69) is 125 Å². The molecule has 15 aromatic rings. The minimum Gasteiger partial charge on any atom is -0.451 e. The Hall–Kier alpha value is -12.3. The molecule has 0 saturated heterocycles. The molecule has 5 aliphatic rings. The molecule has 10 amide bonds. The molecule has 0 saturated carbocycles. The number of oxazole rings is 1. The molecule has 0 atom stereocenters. The molecule has 0 radical (unpaired) electrons. The van der Waals surface area contributed by atoms with Gasteiger partial charge in [0.15, 0.2) is 6.39 Å². The Bertz CT molecular complexity index is 6110. The molecule has 28 nitrogen and oxygen atoms in total. The summed E-state index contributed by atoms with van der Waals surface area (Å²) in [5.74, 6) is 0. The average Bonchev–Trinajstić information content (AvgIpc) is 1.67. The summed E-state index contributed by atoms with van der Waals surface area (Å²) in [5, 5.41) is 72.2. The summed E-state index contributed by atoms with van der Waals surface area (Å²) < 4.78 is 5.73. The number of fused-ring (bicyclic) bond motifs is 5. The molecular formula is C87H76Cl6N22O6S4. The highest BCUT2D eigenvalue weighted by molar-refractivity contribution is 7.15. The predicted molar refractivity (Wildman–Crippen MR) is 494 cm³/mol. The minimum absolute atomic E-state index is 0.122. The molecule has 636 valence electrons. The molecule has 0 aliphatic carbocycles. The van der Waals surface area contributed by atoms with E-state index in [9.17, 15) is 29.2 Å². The number of benzene rings is 5. The van der Waals surface area contributed by atoms with Crippen LogP contribution in [0.1, 0.15) is 71.6 Å². The first kappa shape index (κ1) is 86.3. The van der Waals surface area contributed by atoms with Gasteiger partial charge in [0, 0.05) is 196 Å². The van der Waals surface area contributed by atoms with E-state index >= 15 is 0 Å². The topological polar surface area (TPSA) is 355 Å². The zero-order chi connectivity index (χ0) is 86.8. The maximum Gasteiger partial charge on any atom is 0.322 e. The van der Waals surface area contributed by atoms with E-state index in [0.29, 0.717) is 147 Å². The molecular weight excluding hydrogens is 1790 g/mol. The first-order chi connectivity index (χ1) is 60.7. The minimum atomic E-state index is -0.184. The Morgan fingerprint density at radius 3 is 1.04 bits per heavy atom. The van der Waals surface area contributed by atoms with Crippen LogP contribution >= 0.6 is 115 Å². The lowest BCUT2D eigenvalue weighted by atomic mass is 10.0. The lowest BCUT2D eigenvalue weighted by Gasteiger charge is -2.27. The summed E-state index contributed by atoms with van der Waals surface area (Å²) in [6.45, 7) is 9.79. The van der Waals surface area contributed by atoms with Crippen LogP contribution in [0.3, 0.4) is 0 Å². The number of nitrogens with one attached hydrogen (secondary N) is 10. The van der Waals surface area contributed by atoms with E-state index in [-0.39, 0.29) is 30.2 Å². The highest BCUT2D eigenvalue weighted by Gasteiger charge is 2.33. The first-order valence-electron chi connectivity index (χ1n) is 39.3. The molecule has 0 unspecified atom stereocenters. The first-order valence-corrected chi connectivity index (χ1v) is 45.1. The van der Waals surface area contributed by atoms with Crippen molar-refractivity contribution in [3.8, 4) is 61.8 Å².